The monoisotopic (exact) mass is 323 g/mol. The first-order chi connectivity index (χ1) is 12.4. The van der Waals surface area contributed by atoms with E-state index in [0.717, 1.165) is 12.8 Å². The Bertz CT molecular complexity index is 879. The van der Waals surface area contributed by atoms with Crippen molar-refractivity contribution >= 4 is 11.8 Å². The van der Waals surface area contributed by atoms with Crippen LogP contribution in [0.1, 0.15) is 23.1 Å². The lowest BCUT2D eigenvalue weighted by Gasteiger charge is -2.14. The van der Waals surface area contributed by atoms with Crippen molar-refractivity contribution in [2.24, 2.45) is 4.99 Å². The summed E-state index contributed by atoms with van der Waals surface area (Å²) in [4.78, 5) is 4.95. The molecule has 1 aliphatic rings. The molecular formula is C24H21N. The molecule has 1 heterocycles. The summed E-state index contributed by atoms with van der Waals surface area (Å²) < 4.78 is 0. The number of nitrogens with zero attached hydrogens (tertiary/aromatic N) is 1. The molecule has 3 aromatic rings. The number of rotatable bonds is 6. The van der Waals surface area contributed by atoms with E-state index in [4.69, 9.17) is 4.99 Å². The van der Waals surface area contributed by atoms with Crippen LogP contribution in [0.15, 0.2) is 102 Å². The minimum Gasteiger partial charge on any atom is -0.273 e. The predicted octanol–water partition coefficient (Wildman–Crippen LogP) is 5.57. The number of benzene rings is 3. The molecule has 0 radical (unpaired) electrons. The second kappa shape index (κ2) is 6.90. The zero-order valence-corrected chi connectivity index (χ0v) is 14.2. The van der Waals surface area contributed by atoms with Crippen molar-refractivity contribution in [1.82, 2.24) is 0 Å². The van der Waals surface area contributed by atoms with E-state index in [1.807, 2.05) is 6.07 Å². The summed E-state index contributed by atoms with van der Waals surface area (Å²) in [5.41, 5.74) is 4.96. The Kier molecular flexibility index (Phi) is 4.30. The molecule has 4 rings (SSSR count). The SMILES string of the molecule is C(=C\c1ccccc1)/CC1(Cc2ccccc2)N=C1c1ccccc1. The van der Waals surface area contributed by atoms with E-state index in [1.165, 1.54) is 22.4 Å². The lowest BCUT2D eigenvalue weighted by atomic mass is 9.88. The van der Waals surface area contributed by atoms with Crippen LogP contribution in [0, 0.1) is 0 Å². The van der Waals surface area contributed by atoms with Crippen molar-refractivity contribution < 1.29 is 0 Å². The van der Waals surface area contributed by atoms with E-state index in [1.54, 1.807) is 0 Å². The molecule has 0 saturated heterocycles. The van der Waals surface area contributed by atoms with Crippen molar-refractivity contribution in [3.63, 3.8) is 0 Å². The van der Waals surface area contributed by atoms with Crippen LogP contribution in [-0.2, 0) is 6.42 Å². The van der Waals surface area contributed by atoms with Gasteiger partial charge in [-0.1, -0.05) is 103 Å². The number of aliphatic imine (C=N–C) groups is 1. The lowest BCUT2D eigenvalue weighted by Crippen LogP contribution is -2.22. The molecule has 0 N–H and O–H groups in total. The fraction of sp³-hybridized carbons (Fsp3) is 0.125. The Morgan fingerprint density at radius 2 is 1.32 bits per heavy atom. The highest BCUT2D eigenvalue weighted by Gasteiger charge is 2.46. The smallest absolute Gasteiger partial charge is 0.111 e. The fourth-order valence-corrected chi connectivity index (χ4v) is 3.34. The Morgan fingerprint density at radius 1 is 0.720 bits per heavy atom. The predicted molar refractivity (Wildman–Crippen MR) is 106 cm³/mol. The first-order valence-corrected chi connectivity index (χ1v) is 8.77. The first kappa shape index (κ1) is 15.6. The summed E-state index contributed by atoms with van der Waals surface area (Å²) in [6.07, 6.45) is 6.35. The summed E-state index contributed by atoms with van der Waals surface area (Å²) in [5, 5.41) is 0. The topological polar surface area (TPSA) is 12.4 Å². The van der Waals surface area contributed by atoms with Crippen LogP contribution in [0.2, 0.25) is 0 Å². The van der Waals surface area contributed by atoms with Crippen LogP contribution in [-0.4, -0.2) is 11.3 Å². The van der Waals surface area contributed by atoms with Gasteiger partial charge in [-0.25, -0.2) is 0 Å². The normalized spacial score (nSPS) is 19.0. The van der Waals surface area contributed by atoms with Gasteiger partial charge < -0.3 is 0 Å². The van der Waals surface area contributed by atoms with Crippen molar-refractivity contribution in [1.29, 1.82) is 0 Å². The summed E-state index contributed by atoms with van der Waals surface area (Å²) in [6, 6.07) is 31.7. The van der Waals surface area contributed by atoms with E-state index in [0.29, 0.717) is 0 Å². The minimum absolute atomic E-state index is 0.0893. The Hall–Kier alpha value is -2.93. The lowest BCUT2D eigenvalue weighted by molar-refractivity contribution is 0.665. The van der Waals surface area contributed by atoms with Crippen LogP contribution in [0.25, 0.3) is 6.08 Å². The Labute approximate surface area is 149 Å². The van der Waals surface area contributed by atoms with Gasteiger partial charge in [0.15, 0.2) is 0 Å². The molecule has 1 atom stereocenters. The summed E-state index contributed by atoms with van der Waals surface area (Å²) in [6.45, 7) is 0. The maximum atomic E-state index is 4.95. The highest BCUT2D eigenvalue weighted by Crippen LogP contribution is 2.39. The Balaban J connectivity index is 1.54. The molecule has 0 bridgehead atoms. The van der Waals surface area contributed by atoms with Gasteiger partial charge in [0, 0.05) is 6.42 Å². The second-order valence-corrected chi connectivity index (χ2v) is 6.54. The number of hydrogen-bond acceptors (Lipinski definition) is 1. The average Bonchev–Trinajstić information content (AvgIpc) is 3.38. The standard InChI is InChI=1S/C24H21N/c1-4-11-20(12-5-1)15-10-18-24(19-21-13-6-2-7-14-21)23(25-24)22-16-8-3-9-17-22/h1-17H,18-19H2/b15-10+. The first-order valence-electron chi connectivity index (χ1n) is 8.77. The van der Waals surface area contributed by atoms with Crippen molar-refractivity contribution in [3.8, 4) is 0 Å². The summed E-state index contributed by atoms with van der Waals surface area (Å²) in [5.74, 6) is 0. The molecule has 1 aliphatic heterocycles. The van der Waals surface area contributed by atoms with Crippen molar-refractivity contribution in [2.45, 2.75) is 18.4 Å². The van der Waals surface area contributed by atoms with Crippen LogP contribution in [0.5, 0.6) is 0 Å². The molecule has 3 aromatic carbocycles. The van der Waals surface area contributed by atoms with Gasteiger partial charge in [0.1, 0.15) is 5.54 Å². The zero-order valence-electron chi connectivity index (χ0n) is 14.2. The molecule has 122 valence electrons. The quantitative estimate of drug-likeness (QED) is 0.562. The fourth-order valence-electron chi connectivity index (χ4n) is 3.34. The molecule has 0 aromatic heterocycles. The largest absolute Gasteiger partial charge is 0.273 e. The minimum atomic E-state index is -0.0893. The maximum Gasteiger partial charge on any atom is 0.111 e. The molecule has 1 heteroatoms. The molecule has 1 nitrogen and oxygen atoms in total. The molecule has 25 heavy (non-hydrogen) atoms. The average molecular weight is 323 g/mol. The van der Waals surface area contributed by atoms with Crippen molar-refractivity contribution in [2.75, 3.05) is 0 Å². The third kappa shape index (κ3) is 3.61. The maximum absolute atomic E-state index is 4.95. The van der Waals surface area contributed by atoms with Gasteiger partial charge in [0.25, 0.3) is 0 Å². The highest BCUT2D eigenvalue weighted by atomic mass is 15.0. The van der Waals surface area contributed by atoms with Crippen LogP contribution in [0.3, 0.4) is 0 Å². The van der Waals surface area contributed by atoms with E-state index >= 15 is 0 Å². The van der Waals surface area contributed by atoms with Crippen LogP contribution in [0.4, 0.5) is 0 Å². The summed E-state index contributed by atoms with van der Waals surface area (Å²) >= 11 is 0. The molecule has 0 spiro atoms. The molecule has 0 fully saturated rings. The van der Waals surface area contributed by atoms with E-state index in [9.17, 15) is 0 Å². The zero-order chi connectivity index (χ0) is 17.0. The van der Waals surface area contributed by atoms with Gasteiger partial charge in [-0.3, -0.25) is 4.99 Å². The molecule has 0 amide bonds. The van der Waals surface area contributed by atoms with Crippen molar-refractivity contribution in [3.05, 3.63) is 114 Å². The summed E-state index contributed by atoms with van der Waals surface area (Å²) in [7, 11) is 0. The van der Waals surface area contributed by atoms with Gasteiger partial charge in [0.2, 0.25) is 0 Å². The van der Waals surface area contributed by atoms with E-state index in [2.05, 4.69) is 97.1 Å². The van der Waals surface area contributed by atoms with Crippen LogP contribution >= 0.6 is 0 Å². The molecule has 1 unspecified atom stereocenters. The molecular weight excluding hydrogens is 302 g/mol. The van der Waals surface area contributed by atoms with Gasteiger partial charge in [-0.05, 0) is 23.1 Å². The van der Waals surface area contributed by atoms with Crippen LogP contribution < -0.4 is 0 Å². The van der Waals surface area contributed by atoms with E-state index < -0.39 is 0 Å². The van der Waals surface area contributed by atoms with Gasteiger partial charge >= 0.3 is 0 Å². The molecule has 0 saturated carbocycles. The third-order valence-electron chi connectivity index (χ3n) is 4.67. The third-order valence-corrected chi connectivity index (χ3v) is 4.67. The van der Waals surface area contributed by atoms with E-state index in [-0.39, 0.29) is 5.54 Å². The Morgan fingerprint density at radius 3 is 2.00 bits per heavy atom. The number of hydrogen-bond donors (Lipinski definition) is 0. The second-order valence-electron chi connectivity index (χ2n) is 6.54. The highest BCUT2D eigenvalue weighted by molar-refractivity contribution is 6.17. The van der Waals surface area contributed by atoms with Gasteiger partial charge in [-0.2, -0.15) is 0 Å². The van der Waals surface area contributed by atoms with Gasteiger partial charge in [-0.15, -0.1) is 0 Å². The molecule has 0 aliphatic carbocycles. The van der Waals surface area contributed by atoms with Gasteiger partial charge in [0.05, 0.1) is 5.71 Å².